The Balaban J connectivity index is 1.48. The molecule has 6 nitrogen and oxygen atoms in total. The molecule has 3 aromatic carbocycles. The minimum absolute atomic E-state index is 0.0219. The van der Waals surface area contributed by atoms with Gasteiger partial charge in [0.05, 0.1) is 30.4 Å². The van der Waals surface area contributed by atoms with Crippen LogP contribution in [-0.4, -0.2) is 37.8 Å². The Kier molecular flexibility index (Phi) is 5.18. The number of ketones is 1. The normalized spacial score (nSPS) is 11.3. The Morgan fingerprint density at radius 3 is 2.52 bits per heavy atom. The van der Waals surface area contributed by atoms with E-state index in [1.54, 1.807) is 19.2 Å². The van der Waals surface area contributed by atoms with Crippen molar-refractivity contribution in [3.05, 3.63) is 90.0 Å². The number of hydrogen-bond donors (Lipinski definition) is 0. The van der Waals surface area contributed by atoms with Crippen molar-refractivity contribution < 1.29 is 9.53 Å². The van der Waals surface area contributed by atoms with Gasteiger partial charge in [-0.2, -0.15) is 0 Å². The maximum Gasteiger partial charge on any atom is 0.237 e. The molecule has 2 aromatic heterocycles. The number of ether oxygens (including phenoxy) is 1. The molecule has 0 aliphatic rings. The van der Waals surface area contributed by atoms with Crippen LogP contribution in [-0.2, 0) is 6.54 Å². The van der Waals surface area contributed by atoms with E-state index >= 15 is 0 Å². The first-order valence-electron chi connectivity index (χ1n) is 9.91. The molecular formula is C24H20N4O2S. The molecule has 0 aliphatic heterocycles. The molecule has 0 atom stereocenters. The van der Waals surface area contributed by atoms with Gasteiger partial charge in [0.1, 0.15) is 5.75 Å². The van der Waals surface area contributed by atoms with Crippen LogP contribution in [0.2, 0.25) is 0 Å². The smallest absolute Gasteiger partial charge is 0.237 e. The largest absolute Gasteiger partial charge is 0.497 e. The molecule has 0 saturated heterocycles. The Morgan fingerprint density at radius 2 is 1.71 bits per heavy atom. The molecular weight excluding hydrogens is 408 g/mol. The van der Waals surface area contributed by atoms with Crippen molar-refractivity contribution in [3.8, 4) is 5.75 Å². The molecule has 0 unspecified atom stereocenters. The maximum absolute atomic E-state index is 12.7. The zero-order valence-electron chi connectivity index (χ0n) is 16.9. The Labute approximate surface area is 183 Å². The molecule has 2 heterocycles. The second-order valence-corrected chi connectivity index (χ2v) is 8.06. The molecule has 0 aliphatic carbocycles. The predicted molar refractivity (Wildman–Crippen MR) is 122 cm³/mol. The average molecular weight is 429 g/mol. The molecule has 7 heteroatoms. The van der Waals surface area contributed by atoms with Gasteiger partial charge in [0, 0.05) is 5.56 Å². The molecule has 0 radical (unpaired) electrons. The van der Waals surface area contributed by atoms with Gasteiger partial charge in [0.25, 0.3) is 0 Å². The third kappa shape index (κ3) is 3.68. The van der Waals surface area contributed by atoms with Crippen LogP contribution in [0.4, 0.5) is 0 Å². The van der Waals surface area contributed by atoms with Crippen molar-refractivity contribution in [2.24, 2.45) is 0 Å². The van der Waals surface area contributed by atoms with Crippen molar-refractivity contribution >= 4 is 34.4 Å². The lowest BCUT2D eigenvalue weighted by atomic mass is 10.1. The van der Waals surface area contributed by atoms with Gasteiger partial charge in [0.15, 0.2) is 10.9 Å². The third-order valence-corrected chi connectivity index (χ3v) is 6.11. The number of nitrogens with zero attached hydrogens (tertiary/aromatic N) is 4. The topological polar surface area (TPSA) is 61.4 Å². The number of rotatable bonds is 7. The number of fused-ring (bicyclic) bond motifs is 3. The number of imidazole rings is 1. The Hall–Kier alpha value is -3.58. The molecule has 0 saturated carbocycles. The number of para-hydroxylation sites is 2. The fraction of sp³-hybridized carbons (Fsp3) is 0.125. The van der Waals surface area contributed by atoms with E-state index in [4.69, 9.17) is 4.74 Å². The van der Waals surface area contributed by atoms with E-state index in [1.807, 2.05) is 46.9 Å². The first-order valence-corrected chi connectivity index (χ1v) is 10.9. The van der Waals surface area contributed by atoms with Gasteiger partial charge in [-0.15, -0.1) is 10.2 Å². The van der Waals surface area contributed by atoms with Crippen molar-refractivity contribution in [1.29, 1.82) is 0 Å². The lowest BCUT2D eigenvalue weighted by molar-refractivity contribution is 0.102. The van der Waals surface area contributed by atoms with E-state index in [1.165, 1.54) is 17.3 Å². The van der Waals surface area contributed by atoms with E-state index in [9.17, 15) is 4.79 Å². The number of benzene rings is 3. The minimum Gasteiger partial charge on any atom is -0.497 e. The van der Waals surface area contributed by atoms with Crippen LogP contribution in [0.5, 0.6) is 5.75 Å². The second kappa shape index (κ2) is 8.28. The molecule has 5 aromatic rings. The van der Waals surface area contributed by atoms with Gasteiger partial charge in [0.2, 0.25) is 5.78 Å². The van der Waals surface area contributed by atoms with Crippen molar-refractivity contribution in [3.63, 3.8) is 0 Å². The number of hydrogen-bond acceptors (Lipinski definition) is 5. The number of carbonyl (C=O) groups excluding carboxylic acids is 1. The van der Waals surface area contributed by atoms with Gasteiger partial charge >= 0.3 is 0 Å². The number of carbonyl (C=O) groups is 1. The standard InChI is InChI=1S/C24H20N4O2S/c1-30-19-11-7-10-18(14-19)22(29)16-31-24-26-25-23-27(15-17-8-3-2-4-9-17)20-12-5-6-13-21(20)28(23)24/h2-14H,15-16H2,1H3. The summed E-state index contributed by atoms with van der Waals surface area (Å²) >= 11 is 1.39. The summed E-state index contributed by atoms with van der Waals surface area (Å²) in [5.74, 6) is 1.73. The van der Waals surface area contributed by atoms with Crippen LogP contribution >= 0.6 is 11.8 Å². The van der Waals surface area contributed by atoms with Crippen molar-refractivity contribution in [2.45, 2.75) is 11.7 Å². The molecule has 0 spiro atoms. The van der Waals surface area contributed by atoms with Gasteiger partial charge < -0.3 is 9.30 Å². The van der Waals surface area contributed by atoms with E-state index in [-0.39, 0.29) is 11.5 Å². The SMILES string of the molecule is COc1cccc(C(=O)CSc2nnc3n(Cc4ccccc4)c4ccccc4n23)c1. The molecule has 31 heavy (non-hydrogen) atoms. The average Bonchev–Trinajstić information content (AvgIpc) is 3.37. The number of thioether (sulfide) groups is 1. The number of Topliss-reactive ketones (excluding diaryl/α,β-unsaturated/α-hetero) is 1. The monoisotopic (exact) mass is 428 g/mol. The fourth-order valence-corrected chi connectivity index (χ4v) is 4.50. The lowest BCUT2D eigenvalue weighted by Crippen LogP contribution is -2.03. The van der Waals surface area contributed by atoms with Crippen LogP contribution in [0.15, 0.2) is 84.0 Å². The third-order valence-electron chi connectivity index (χ3n) is 5.18. The summed E-state index contributed by atoms with van der Waals surface area (Å²) in [7, 11) is 1.59. The summed E-state index contributed by atoms with van der Waals surface area (Å²) in [6.07, 6.45) is 0. The van der Waals surface area contributed by atoms with Crippen LogP contribution in [0.25, 0.3) is 16.8 Å². The fourth-order valence-electron chi connectivity index (χ4n) is 3.66. The van der Waals surface area contributed by atoms with Crippen LogP contribution in [0.3, 0.4) is 0 Å². The number of aromatic nitrogens is 4. The summed E-state index contributed by atoms with van der Waals surface area (Å²) in [5.41, 5.74) is 3.92. The molecule has 0 amide bonds. The van der Waals surface area contributed by atoms with E-state index in [0.29, 0.717) is 23.0 Å². The van der Waals surface area contributed by atoms with Gasteiger partial charge in [-0.1, -0.05) is 66.4 Å². The summed E-state index contributed by atoms with van der Waals surface area (Å²) in [6, 6.07) is 25.7. The molecule has 0 N–H and O–H groups in total. The van der Waals surface area contributed by atoms with Crippen LogP contribution in [0.1, 0.15) is 15.9 Å². The van der Waals surface area contributed by atoms with E-state index in [0.717, 1.165) is 16.8 Å². The molecule has 0 bridgehead atoms. The van der Waals surface area contributed by atoms with Crippen LogP contribution in [0, 0.1) is 0 Å². The first-order chi connectivity index (χ1) is 15.2. The highest BCUT2D eigenvalue weighted by molar-refractivity contribution is 7.99. The number of methoxy groups -OCH3 is 1. The van der Waals surface area contributed by atoms with Gasteiger partial charge in [-0.3, -0.25) is 9.20 Å². The summed E-state index contributed by atoms with van der Waals surface area (Å²) in [4.78, 5) is 12.7. The molecule has 5 rings (SSSR count). The summed E-state index contributed by atoms with van der Waals surface area (Å²) in [6.45, 7) is 0.698. The van der Waals surface area contributed by atoms with Crippen LogP contribution < -0.4 is 4.74 Å². The zero-order chi connectivity index (χ0) is 21.2. The van der Waals surface area contributed by atoms with Gasteiger partial charge in [-0.25, -0.2) is 0 Å². The zero-order valence-corrected chi connectivity index (χ0v) is 17.7. The highest BCUT2D eigenvalue weighted by atomic mass is 32.2. The van der Waals surface area contributed by atoms with E-state index in [2.05, 4.69) is 39.0 Å². The van der Waals surface area contributed by atoms with Crippen molar-refractivity contribution in [1.82, 2.24) is 19.2 Å². The highest BCUT2D eigenvalue weighted by Gasteiger charge is 2.18. The lowest BCUT2D eigenvalue weighted by Gasteiger charge is -2.04. The summed E-state index contributed by atoms with van der Waals surface area (Å²) < 4.78 is 9.41. The van der Waals surface area contributed by atoms with E-state index < -0.39 is 0 Å². The quantitative estimate of drug-likeness (QED) is 0.277. The first kappa shape index (κ1) is 19.4. The second-order valence-electron chi connectivity index (χ2n) is 7.12. The minimum atomic E-state index is 0.0219. The molecule has 0 fully saturated rings. The highest BCUT2D eigenvalue weighted by Crippen LogP contribution is 2.27. The molecule has 154 valence electrons. The maximum atomic E-state index is 12.7. The Morgan fingerprint density at radius 1 is 0.935 bits per heavy atom. The van der Waals surface area contributed by atoms with Crippen molar-refractivity contribution in [2.75, 3.05) is 12.9 Å². The Bertz CT molecular complexity index is 1370. The summed E-state index contributed by atoms with van der Waals surface area (Å²) in [5, 5.41) is 9.54. The van der Waals surface area contributed by atoms with Gasteiger partial charge in [-0.05, 0) is 29.8 Å². The predicted octanol–water partition coefficient (Wildman–Crippen LogP) is 4.72.